The molecule has 0 unspecified atom stereocenters. The Morgan fingerprint density at radius 3 is 2.60 bits per heavy atom. The summed E-state index contributed by atoms with van der Waals surface area (Å²) in [5.74, 6) is -0.0396. The third-order valence-corrected chi connectivity index (χ3v) is 3.11. The Morgan fingerprint density at radius 2 is 2.05 bits per heavy atom. The lowest BCUT2D eigenvalue weighted by Gasteiger charge is -2.19. The van der Waals surface area contributed by atoms with E-state index in [1.54, 1.807) is 7.11 Å². The van der Waals surface area contributed by atoms with Gasteiger partial charge in [0.15, 0.2) is 0 Å². The molecule has 0 heterocycles. The predicted molar refractivity (Wildman–Crippen MR) is 79.8 cm³/mol. The van der Waals surface area contributed by atoms with Gasteiger partial charge in [0.05, 0.1) is 19.3 Å². The highest BCUT2D eigenvalue weighted by atomic mass is 16.5. The lowest BCUT2D eigenvalue weighted by atomic mass is 10.1. The maximum absolute atomic E-state index is 11.7. The normalized spacial score (nSPS) is 12.0. The van der Waals surface area contributed by atoms with Gasteiger partial charge in [0, 0.05) is 26.4 Å². The number of anilines is 1. The Balaban J connectivity index is 2.50. The van der Waals surface area contributed by atoms with Gasteiger partial charge in [0.1, 0.15) is 0 Å². The zero-order valence-corrected chi connectivity index (χ0v) is 12.4. The SMILES string of the molecule is CC[C@H](O)c1ccc(N(C)CC(=O)NCCOC)cc1. The number of ether oxygens (including phenoxy) is 1. The maximum atomic E-state index is 11.7. The van der Waals surface area contributed by atoms with Gasteiger partial charge in [0.25, 0.3) is 0 Å². The van der Waals surface area contributed by atoms with E-state index in [4.69, 9.17) is 4.74 Å². The Bertz CT molecular complexity index is 406. The molecule has 0 saturated carbocycles. The van der Waals surface area contributed by atoms with Crippen molar-refractivity contribution in [3.8, 4) is 0 Å². The standard InChI is InChI=1S/C15H24N2O3/c1-4-14(18)12-5-7-13(8-6-12)17(2)11-15(19)16-9-10-20-3/h5-8,14,18H,4,9-11H2,1-3H3,(H,16,19)/t14-/m0/s1. The number of nitrogens with zero attached hydrogens (tertiary/aromatic N) is 1. The number of benzene rings is 1. The van der Waals surface area contributed by atoms with Gasteiger partial charge in [-0.15, -0.1) is 0 Å². The second kappa shape index (κ2) is 8.55. The van der Waals surface area contributed by atoms with Crippen LogP contribution in [0.15, 0.2) is 24.3 Å². The summed E-state index contributed by atoms with van der Waals surface area (Å²) in [4.78, 5) is 13.5. The second-order valence-electron chi connectivity index (χ2n) is 4.71. The molecule has 112 valence electrons. The van der Waals surface area contributed by atoms with Crippen LogP contribution in [0, 0.1) is 0 Å². The first-order valence-electron chi connectivity index (χ1n) is 6.83. The minimum absolute atomic E-state index is 0.0396. The molecule has 5 nitrogen and oxygen atoms in total. The molecule has 0 spiro atoms. The number of carbonyl (C=O) groups is 1. The summed E-state index contributed by atoms with van der Waals surface area (Å²) >= 11 is 0. The minimum atomic E-state index is -0.424. The fourth-order valence-electron chi connectivity index (χ4n) is 1.84. The number of aliphatic hydroxyl groups excluding tert-OH is 1. The summed E-state index contributed by atoms with van der Waals surface area (Å²) in [6.45, 7) is 3.26. The van der Waals surface area contributed by atoms with Crippen LogP contribution in [0.2, 0.25) is 0 Å². The number of rotatable bonds is 8. The molecular weight excluding hydrogens is 256 g/mol. The summed E-state index contributed by atoms with van der Waals surface area (Å²) in [5.41, 5.74) is 1.84. The monoisotopic (exact) mass is 280 g/mol. The fourth-order valence-corrected chi connectivity index (χ4v) is 1.84. The van der Waals surface area contributed by atoms with E-state index in [0.29, 0.717) is 26.1 Å². The summed E-state index contributed by atoms with van der Waals surface area (Å²) in [5, 5.41) is 12.5. The number of methoxy groups -OCH3 is 1. The van der Waals surface area contributed by atoms with E-state index >= 15 is 0 Å². The molecule has 1 atom stereocenters. The van der Waals surface area contributed by atoms with E-state index in [9.17, 15) is 9.90 Å². The van der Waals surface area contributed by atoms with Crippen LogP contribution >= 0.6 is 0 Å². The highest BCUT2D eigenvalue weighted by Crippen LogP contribution is 2.20. The molecule has 1 amide bonds. The summed E-state index contributed by atoms with van der Waals surface area (Å²) in [6, 6.07) is 7.61. The molecule has 20 heavy (non-hydrogen) atoms. The Morgan fingerprint density at radius 1 is 1.40 bits per heavy atom. The van der Waals surface area contributed by atoms with Crippen molar-refractivity contribution in [3.63, 3.8) is 0 Å². The van der Waals surface area contributed by atoms with E-state index in [1.807, 2.05) is 43.1 Å². The molecule has 2 N–H and O–H groups in total. The summed E-state index contributed by atoms with van der Waals surface area (Å²) in [7, 11) is 3.46. The van der Waals surface area contributed by atoms with E-state index in [-0.39, 0.29) is 5.91 Å². The van der Waals surface area contributed by atoms with Crippen LogP contribution in [-0.2, 0) is 9.53 Å². The third kappa shape index (κ3) is 5.19. The molecule has 1 aromatic carbocycles. The number of hydrogen-bond donors (Lipinski definition) is 2. The lowest BCUT2D eigenvalue weighted by molar-refractivity contribution is -0.119. The molecule has 5 heteroatoms. The molecule has 0 radical (unpaired) electrons. The average molecular weight is 280 g/mol. The Kier molecular flexibility index (Phi) is 7.04. The topological polar surface area (TPSA) is 61.8 Å². The van der Waals surface area contributed by atoms with Crippen molar-refractivity contribution >= 4 is 11.6 Å². The summed E-state index contributed by atoms with van der Waals surface area (Å²) in [6.07, 6.45) is 0.267. The van der Waals surface area contributed by atoms with Crippen LogP contribution in [-0.4, -0.2) is 44.9 Å². The van der Waals surface area contributed by atoms with E-state index < -0.39 is 6.10 Å². The smallest absolute Gasteiger partial charge is 0.239 e. The van der Waals surface area contributed by atoms with Crippen LogP contribution in [0.5, 0.6) is 0 Å². The molecule has 0 fully saturated rings. The largest absolute Gasteiger partial charge is 0.388 e. The van der Waals surface area contributed by atoms with Gasteiger partial charge in [-0.25, -0.2) is 0 Å². The van der Waals surface area contributed by atoms with Crippen molar-refractivity contribution in [2.24, 2.45) is 0 Å². The van der Waals surface area contributed by atoms with Crippen LogP contribution in [0.3, 0.4) is 0 Å². The second-order valence-corrected chi connectivity index (χ2v) is 4.71. The molecule has 0 aliphatic rings. The third-order valence-electron chi connectivity index (χ3n) is 3.11. The maximum Gasteiger partial charge on any atom is 0.239 e. The average Bonchev–Trinajstić information content (AvgIpc) is 2.46. The van der Waals surface area contributed by atoms with Gasteiger partial charge in [-0.05, 0) is 24.1 Å². The first kappa shape index (κ1) is 16.5. The first-order chi connectivity index (χ1) is 9.58. The van der Waals surface area contributed by atoms with Crippen molar-refractivity contribution < 1.29 is 14.6 Å². The van der Waals surface area contributed by atoms with Crippen molar-refractivity contribution in [2.75, 3.05) is 38.8 Å². The number of amides is 1. The van der Waals surface area contributed by atoms with Crippen LogP contribution in [0.1, 0.15) is 25.0 Å². The van der Waals surface area contributed by atoms with Gasteiger partial charge >= 0.3 is 0 Å². The number of aliphatic hydroxyl groups is 1. The molecule has 0 aromatic heterocycles. The Hall–Kier alpha value is -1.59. The molecule has 0 saturated heterocycles. The van der Waals surface area contributed by atoms with Crippen molar-refractivity contribution in [2.45, 2.75) is 19.4 Å². The predicted octanol–water partition coefficient (Wildman–Crippen LogP) is 1.33. The molecule has 0 aliphatic heterocycles. The van der Waals surface area contributed by atoms with Crippen LogP contribution in [0.4, 0.5) is 5.69 Å². The van der Waals surface area contributed by atoms with E-state index in [2.05, 4.69) is 5.32 Å². The van der Waals surface area contributed by atoms with Crippen molar-refractivity contribution in [3.05, 3.63) is 29.8 Å². The highest BCUT2D eigenvalue weighted by molar-refractivity contribution is 5.81. The van der Waals surface area contributed by atoms with Crippen molar-refractivity contribution in [1.82, 2.24) is 5.32 Å². The van der Waals surface area contributed by atoms with Gasteiger partial charge in [-0.2, -0.15) is 0 Å². The zero-order chi connectivity index (χ0) is 15.0. The molecule has 0 bridgehead atoms. The molecule has 1 aromatic rings. The van der Waals surface area contributed by atoms with Gasteiger partial charge in [-0.1, -0.05) is 19.1 Å². The van der Waals surface area contributed by atoms with Crippen molar-refractivity contribution in [1.29, 1.82) is 0 Å². The minimum Gasteiger partial charge on any atom is -0.388 e. The fraction of sp³-hybridized carbons (Fsp3) is 0.533. The van der Waals surface area contributed by atoms with E-state index in [0.717, 1.165) is 11.3 Å². The quantitative estimate of drug-likeness (QED) is 0.705. The summed E-state index contributed by atoms with van der Waals surface area (Å²) < 4.78 is 4.88. The highest BCUT2D eigenvalue weighted by Gasteiger charge is 2.08. The van der Waals surface area contributed by atoms with Gasteiger partial charge < -0.3 is 20.1 Å². The molecular formula is C15H24N2O3. The molecule has 0 aliphatic carbocycles. The number of carbonyl (C=O) groups excluding carboxylic acids is 1. The van der Waals surface area contributed by atoms with Gasteiger partial charge in [-0.3, -0.25) is 4.79 Å². The van der Waals surface area contributed by atoms with Gasteiger partial charge in [0.2, 0.25) is 5.91 Å². The number of likely N-dealkylation sites (N-methyl/N-ethyl adjacent to an activating group) is 1. The number of hydrogen-bond acceptors (Lipinski definition) is 4. The molecule has 1 rings (SSSR count). The zero-order valence-electron chi connectivity index (χ0n) is 12.4. The lowest BCUT2D eigenvalue weighted by Crippen LogP contribution is -2.36. The van der Waals surface area contributed by atoms with Crippen LogP contribution in [0.25, 0.3) is 0 Å². The first-order valence-corrected chi connectivity index (χ1v) is 6.83. The van der Waals surface area contributed by atoms with Crippen LogP contribution < -0.4 is 10.2 Å². The van der Waals surface area contributed by atoms with E-state index in [1.165, 1.54) is 0 Å². The Labute approximate surface area is 120 Å². The number of nitrogens with one attached hydrogen (secondary N) is 1.